The summed E-state index contributed by atoms with van der Waals surface area (Å²) < 4.78 is 11.6. The van der Waals surface area contributed by atoms with Crippen molar-refractivity contribution < 1.29 is 18.7 Å². The molecule has 156 valence electrons. The van der Waals surface area contributed by atoms with Crippen molar-refractivity contribution in [2.75, 3.05) is 18.2 Å². The summed E-state index contributed by atoms with van der Waals surface area (Å²) in [7, 11) is 0. The van der Waals surface area contributed by atoms with Gasteiger partial charge in [0.15, 0.2) is 11.3 Å². The minimum Gasteiger partial charge on any atom is -0.490 e. The lowest BCUT2D eigenvalue weighted by Gasteiger charge is -2.24. The van der Waals surface area contributed by atoms with Crippen molar-refractivity contribution in [3.05, 3.63) is 65.9 Å². The van der Waals surface area contributed by atoms with Crippen molar-refractivity contribution in [3.8, 4) is 5.75 Å². The van der Waals surface area contributed by atoms with Crippen LogP contribution >= 0.6 is 11.8 Å². The van der Waals surface area contributed by atoms with Gasteiger partial charge in [-0.1, -0.05) is 30.3 Å². The highest BCUT2D eigenvalue weighted by Crippen LogP contribution is 2.31. The summed E-state index contributed by atoms with van der Waals surface area (Å²) in [4.78, 5) is 27.4. The number of fused-ring (bicyclic) bond motifs is 1. The molecule has 2 unspecified atom stereocenters. The van der Waals surface area contributed by atoms with Crippen LogP contribution in [0, 0.1) is 0 Å². The van der Waals surface area contributed by atoms with Crippen LogP contribution in [0.3, 0.4) is 0 Å². The Kier molecular flexibility index (Phi) is 5.99. The Balaban J connectivity index is 1.48. The lowest BCUT2D eigenvalue weighted by Crippen LogP contribution is -2.47. The maximum absolute atomic E-state index is 13.0. The zero-order valence-corrected chi connectivity index (χ0v) is 17.8. The van der Waals surface area contributed by atoms with E-state index >= 15 is 0 Å². The Morgan fingerprint density at radius 1 is 1.23 bits per heavy atom. The van der Waals surface area contributed by atoms with Gasteiger partial charge in [-0.15, -0.1) is 11.8 Å². The van der Waals surface area contributed by atoms with Crippen molar-refractivity contribution in [1.29, 1.82) is 0 Å². The Bertz CT molecular complexity index is 1050. The van der Waals surface area contributed by atoms with Gasteiger partial charge < -0.3 is 19.4 Å². The maximum atomic E-state index is 13.0. The van der Waals surface area contributed by atoms with Gasteiger partial charge in [0, 0.05) is 16.7 Å². The molecule has 6 nitrogen and oxygen atoms in total. The number of nitrogens with one attached hydrogen (secondary N) is 1. The number of hydrogen-bond donors (Lipinski definition) is 1. The average Bonchev–Trinajstić information content (AvgIpc) is 3.42. The smallest absolute Gasteiger partial charge is 0.255 e. The molecule has 2 heterocycles. The lowest BCUT2D eigenvalue weighted by atomic mass is 10.1. The molecular weight excluding hydrogens is 400 g/mol. The predicted octanol–water partition coefficient (Wildman–Crippen LogP) is 4.22. The normalized spacial score (nSPS) is 17.1. The number of ether oxygens (including phenoxy) is 1. The van der Waals surface area contributed by atoms with E-state index in [0.29, 0.717) is 40.9 Å². The Hall–Kier alpha value is -2.93. The van der Waals surface area contributed by atoms with Crippen LogP contribution in [0.15, 0.2) is 59.0 Å². The molecular formula is C23H24N2O4S. The third-order valence-electron chi connectivity index (χ3n) is 5.08. The average molecular weight is 425 g/mol. The van der Waals surface area contributed by atoms with Gasteiger partial charge in [-0.05, 0) is 38.1 Å². The molecule has 0 bridgehead atoms. The highest BCUT2D eigenvalue weighted by atomic mass is 32.2. The molecule has 0 aliphatic carbocycles. The van der Waals surface area contributed by atoms with Gasteiger partial charge in [0.25, 0.3) is 5.91 Å². The first-order chi connectivity index (χ1) is 14.6. The summed E-state index contributed by atoms with van der Waals surface area (Å²) in [5.74, 6) is 2.11. The van der Waals surface area contributed by atoms with Gasteiger partial charge in [0.1, 0.15) is 11.8 Å². The first-order valence-electron chi connectivity index (χ1n) is 9.98. The lowest BCUT2D eigenvalue weighted by molar-refractivity contribution is -0.125. The Morgan fingerprint density at radius 3 is 2.80 bits per heavy atom. The molecule has 2 atom stereocenters. The summed E-state index contributed by atoms with van der Waals surface area (Å²) >= 11 is 1.58. The van der Waals surface area contributed by atoms with E-state index in [1.54, 1.807) is 28.8 Å². The number of carbonyl (C=O) groups excluding carboxylic acids is 2. The zero-order valence-electron chi connectivity index (χ0n) is 17.0. The van der Waals surface area contributed by atoms with Crippen LogP contribution in [0.2, 0.25) is 0 Å². The van der Waals surface area contributed by atoms with Crippen molar-refractivity contribution >= 4 is 34.5 Å². The molecule has 3 aromatic rings. The summed E-state index contributed by atoms with van der Waals surface area (Å²) in [6, 6.07) is 15.9. The fourth-order valence-corrected chi connectivity index (χ4v) is 4.68. The zero-order chi connectivity index (χ0) is 21.1. The van der Waals surface area contributed by atoms with E-state index in [-0.39, 0.29) is 17.9 Å². The van der Waals surface area contributed by atoms with Crippen LogP contribution in [0.25, 0.3) is 11.0 Å². The third-order valence-corrected chi connectivity index (χ3v) is 6.09. The first-order valence-corrected chi connectivity index (χ1v) is 11.1. The minimum absolute atomic E-state index is 0.126. The summed E-state index contributed by atoms with van der Waals surface area (Å²) in [5, 5.41) is 3.93. The van der Waals surface area contributed by atoms with Gasteiger partial charge in [-0.2, -0.15) is 0 Å². The van der Waals surface area contributed by atoms with Gasteiger partial charge in [-0.3, -0.25) is 9.59 Å². The topological polar surface area (TPSA) is 71.8 Å². The highest BCUT2D eigenvalue weighted by Gasteiger charge is 2.35. The van der Waals surface area contributed by atoms with Crippen LogP contribution in [0.4, 0.5) is 0 Å². The van der Waals surface area contributed by atoms with Crippen LogP contribution < -0.4 is 10.1 Å². The number of carbonyl (C=O) groups is 2. The molecule has 1 saturated heterocycles. The monoisotopic (exact) mass is 424 g/mol. The molecule has 2 aromatic carbocycles. The Labute approximate surface area is 179 Å². The molecule has 2 amide bonds. The molecule has 1 N–H and O–H groups in total. The number of benzene rings is 2. The van der Waals surface area contributed by atoms with E-state index in [9.17, 15) is 9.59 Å². The third kappa shape index (κ3) is 4.03. The number of furan rings is 1. The summed E-state index contributed by atoms with van der Waals surface area (Å²) in [5.41, 5.74) is 1.26. The molecule has 1 aliphatic rings. The van der Waals surface area contributed by atoms with Crippen molar-refractivity contribution in [1.82, 2.24) is 10.2 Å². The standard InChI is InChI=1S/C23H24N2O4S/c1-3-28-19-11-7-10-17-12-20(29-21(17)19)15(2)24-22(26)18-13-30-14-25(18)23(27)16-8-5-4-6-9-16/h4-12,15,18H,3,13-14H2,1-2H3,(H,24,26). The van der Waals surface area contributed by atoms with E-state index in [1.165, 1.54) is 0 Å². The number of rotatable bonds is 6. The molecule has 1 aliphatic heterocycles. The molecule has 30 heavy (non-hydrogen) atoms. The SMILES string of the molecule is CCOc1cccc2cc(C(C)NC(=O)C3CSCN3C(=O)c3ccccc3)oc12. The van der Waals surface area contributed by atoms with Gasteiger partial charge >= 0.3 is 0 Å². The van der Waals surface area contributed by atoms with Gasteiger partial charge in [0.05, 0.1) is 18.5 Å². The number of amides is 2. The maximum Gasteiger partial charge on any atom is 0.255 e. The van der Waals surface area contributed by atoms with E-state index < -0.39 is 6.04 Å². The predicted molar refractivity (Wildman–Crippen MR) is 118 cm³/mol. The summed E-state index contributed by atoms with van der Waals surface area (Å²) in [6.45, 7) is 4.35. The van der Waals surface area contributed by atoms with E-state index in [0.717, 1.165) is 5.39 Å². The second kappa shape index (κ2) is 8.83. The van der Waals surface area contributed by atoms with Crippen molar-refractivity contribution in [2.24, 2.45) is 0 Å². The first kappa shape index (κ1) is 20.3. The number of thioether (sulfide) groups is 1. The van der Waals surface area contributed by atoms with E-state index in [2.05, 4.69) is 5.32 Å². The fraction of sp³-hybridized carbons (Fsp3) is 0.304. The molecule has 0 spiro atoms. The quantitative estimate of drug-likeness (QED) is 0.641. The molecule has 4 rings (SSSR count). The number of hydrogen-bond acceptors (Lipinski definition) is 5. The van der Waals surface area contributed by atoms with Crippen molar-refractivity contribution in [2.45, 2.75) is 25.9 Å². The molecule has 0 radical (unpaired) electrons. The number of para-hydroxylation sites is 1. The molecule has 0 saturated carbocycles. The van der Waals surface area contributed by atoms with Gasteiger partial charge in [-0.25, -0.2) is 0 Å². The molecule has 7 heteroatoms. The summed E-state index contributed by atoms with van der Waals surface area (Å²) in [6.07, 6.45) is 0. The minimum atomic E-state index is -0.506. The van der Waals surface area contributed by atoms with E-state index in [1.807, 2.05) is 56.3 Å². The van der Waals surface area contributed by atoms with Crippen LogP contribution in [-0.4, -0.2) is 41.0 Å². The molecule has 1 fully saturated rings. The van der Waals surface area contributed by atoms with Crippen LogP contribution in [0.1, 0.15) is 36.0 Å². The van der Waals surface area contributed by atoms with Gasteiger partial charge in [0.2, 0.25) is 5.91 Å². The number of nitrogens with zero attached hydrogens (tertiary/aromatic N) is 1. The molecule has 1 aromatic heterocycles. The largest absolute Gasteiger partial charge is 0.490 e. The van der Waals surface area contributed by atoms with Crippen molar-refractivity contribution in [3.63, 3.8) is 0 Å². The van der Waals surface area contributed by atoms with Crippen LogP contribution in [0.5, 0.6) is 5.75 Å². The highest BCUT2D eigenvalue weighted by molar-refractivity contribution is 7.99. The second-order valence-electron chi connectivity index (χ2n) is 7.14. The fourth-order valence-electron chi connectivity index (χ4n) is 3.53. The Morgan fingerprint density at radius 2 is 2.03 bits per heavy atom. The second-order valence-corrected chi connectivity index (χ2v) is 8.14. The van der Waals surface area contributed by atoms with E-state index in [4.69, 9.17) is 9.15 Å². The van der Waals surface area contributed by atoms with Crippen LogP contribution in [-0.2, 0) is 4.79 Å².